The molecule has 1 heterocycles. The van der Waals surface area contributed by atoms with E-state index in [1.165, 1.54) is 6.20 Å². The molecule has 1 aliphatic carbocycles. The number of sulfonamides is 1. The van der Waals surface area contributed by atoms with Crippen LogP contribution >= 0.6 is 0 Å². The number of imidazole rings is 1. The molecule has 2 rings (SSSR count). The maximum absolute atomic E-state index is 12.1. The van der Waals surface area contributed by atoms with Gasteiger partial charge in [-0.2, -0.15) is 0 Å². The highest BCUT2D eigenvalue weighted by atomic mass is 32.2. The molecule has 8 nitrogen and oxygen atoms in total. The molecule has 1 saturated carbocycles. The lowest BCUT2D eigenvalue weighted by atomic mass is 9.92. The quantitative estimate of drug-likeness (QED) is 0.660. The van der Waals surface area contributed by atoms with Crippen molar-refractivity contribution in [1.29, 1.82) is 0 Å². The zero-order valence-corrected chi connectivity index (χ0v) is 14.4. The fraction of sp³-hybridized carbons (Fsp3) is 0.714. The molecule has 1 amide bonds. The Morgan fingerprint density at radius 2 is 2.04 bits per heavy atom. The summed E-state index contributed by atoms with van der Waals surface area (Å²) in [7, 11) is -1.95. The Labute approximate surface area is 136 Å². The van der Waals surface area contributed by atoms with Crippen molar-refractivity contribution in [1.82, 2.24) is 19.6 Å². The van der Waals surface area contributed by atoms with Crippen molar-refractivity contribution < 1.29 is 13.2 Å². The van der Waals surface area contributed by atoms with E-state index in [1.54, 1.807) is 18.5 Å². The fourth-order valence-corrected chi connectivity index (χ4v) is 3.66. The van der Waals surface area contributed by atoms with E-state index < -0.39 is 10.0 Å². The van der Waals surface area contributed by atoms with E-state index in [-0.39, 0.29) is 36.0 Å². The Bertz CT molecular complexity index is 628. The molecule has 1 aromatic heterocycles. The van der Waals surface area contributed by atoms with Gasteiger partial charge in [0, 0.05) is 38.3 Å². The molecular weight excluding hydrogens is 318 g/mol. The Morgan fingerprint density at radius 1 is 1.39 bits per heavy atom. The first-order chi connectivity index (χ1) is 10.8. The van der Waals surface area contributed by atoms with E-state index in [0.29, 0.717) is 5.82 Å². The summed E-state index contributed by atoms with van der Waals surface area (Å²) >= 11 is 0. The first-order valence-electron chi connectivity index (χ1n) is 7.82. The van der Waals surface area contributed by atoms with E-state index in [1.807, 2.05) is 0 Å². The Kier molecular flexibility index (Phi) is 5.77. The number of aryl methyl sites for hydroxylation is 2. The normalized spacial score (nSPS) is 22.0. The number of carbonyl (C=O) groups excluding carboxylic acids is 1. The molecule has 9 heteroatoms. The van der Waals surface area contributed by atoms with Crippen LogP contribution in [0.3, 0.4) is 0 Å². The van der Waals surface area contributed by atoms with Crippen LogP contribution in [0, 0.1) is 6.92 Å². The highest BCUT2D eigenvalue weighted by molar-refractivity contribution is 7.89. The van der Waals surface area contributed by atoms with Gasteiger partial charge in [0.25, 0.3) is 10.0 Å². The van der Waals surface area contributed by atoms with Crippen molar-refractivity contribution >= 4 is 15.9 Å². The van der Waals surface area contributed by atoms with Gasteiger partial charge in [0.05, 0.1) is 0 Å². The van der Waals surface area contributed by atoms with E-state index in [2.05, 4.69) is 15.0 Å². The minimum atomic E-state index is -3.68. The molecule has 0 saturated heterocycles. The molecule has 0 spiro atoms. The van der Waals surface area contributed by atoms with Gasteiger partial charge < -0.3 is 15.6 Å². The number of nitrogens with zero attached hydrogens (tertiary/aromatic N) is 2. The van der Waals surface area contributed by atoms with Crippen molar-refractivity contribution in [3.05, 3.63) is 12.0 Å². The summed E-state index contributed by atoms with van der Waals surface area (Å²) in [6.07, 6.45) is 5.14. The van der Waals surface area contributed by atoms with E-state index >= 15 is 0 Å². The van der Waals surface area contributed by atoms with Crippen LogP contribution in [-0.4, -0.2) is 42.5 Å². The van der Waals surface area contributed by atoms with Crippen LogP contribution in [0.1, 0.15) is 37.9 Å². The van der Waals surface area contributed by atoms with Gasteiger partial charge in [-0.1, -0.05) is 0 Å². The summed E-state index contributed by atoms with van der Waals surface area (Å²) in [4.78, 5) is 15.9. The number of carbonyl (C=O) groups is 1. The third-order valence-electron chi connectivity index (χ3n) is 4.14. The first-order valence-corrected chi connectivity index (χ1v) is 9.31. The topological polar surface area (TPSA) is 119 Å². The largest absolute Gasteiger partial charge is 0.353 e. The average molecular weight is 343 g/mol. The summed E-state index contributed by atoms with van der Waals surface area (Å²) < 4.78 is 28.2. The van der Waals surface area contributed by atoms with Gasteiger partial charge in [0.15, 0.2) is 5.03 Å². The molecule has 23 heavy (non-hydrogen) atoms. The van der Waals surface area contributed by atoms with Crippen LogP contribution in [0.15, 0.2) is 11.2 Å². The second kappa shape index (κ2) is 7.41. The van der Waals surface area contributed by atoms with Crippen LogP contribution < -0.4 is 15.8 Å². The Morgan fingerprint density at radius 3 is 2.61 bits per heavy atom. The lowest BCUT2D eigenvalue weighted by Gasteiger charge is -2.26. The highest BCUT2D eigenvalue weighted by Crippen LogP contribution is 2.16. The van der Waals surface area contributed by atoms with Crippen LogP contribution in [0.4, 0.5) is 0 Å². The molecule has 1 aliphatic rings. The van der Waals surface area contributed by atoms with E-state index in [4.69, 9.17) is 5.73 Å². The summed E-state index contributed by atoms with van der Waals surface area (Å²) in [5, 5.41) is 2.90. The maximum Gasteiger partial charge on any atom is 0.259 e. The third-order valence-corrected chi connectivity index (χ3v) is 5.47. The number of aromatic nitrogens is 2. The van der Waals surface area contributed by atoms with Crippen LogP contribution in [0.25, 0.3) is 0 Å². The summed E-state index contributed by atoms with van der Waals surface area (Å²) in [5.74, 6) is 0.462. The standard InChI is InChI=1S/C14H25N5O3S/c1-10-17-14(9-19(10)2)23(21,22)16-8-7-13(20)18-12-5-3-11(15)4-6-12/h9,11-12,16H,3-8,15H2,1-2H3,(H,18,20). The molecule has 0 bridgehead atoms. The molecule has 4 N–H and O–H groups in total. The Hall–Kier alpha value is -1.45. The van der Waals surface area contributed by atoms with Gasteiger partial charge in [0.2, 0.25) is 5.91 Å². The molecular formula is C14H25N5O3S. The second-order valence-electron chi connectivity index (χ2n) is 6.06. The van der Waals surface area contributed by atoms with Crippen LogP contribution in [-0.2, 0) is 21.9 Å². The number of rotatable bonds is 6. The second-order valence-corrected chi connectivity index (χ2v) is 7.78. The van der Waals surface area contributed by atoms with E-state index in [9.17, 15) is 13.2 Å². The minimum Gasteiger partial charge on any atom is -0.353 e. The number of nitrogens with one attached hydrogen (secondary N) is 2. The van der Waals surface area contributed by atoms with Crippen LogP contribution in [0.5, 0.6) is 0 Å². The SMILES string of the molecule is Cc1nc(S(=O)(=O)NCCC(=O)NC2CCC(N)CC2)cn1C. The lowest BCUT2D eigenvalue weighted by Crippen LogP contribution is -2.41. The van der Waals surface area contributed by atoms with Gasteiger partial charge in [0.1, 0.15) is 5.82 Å². The van der Waals surface area contributed by atoms with Gasteiger partial charge in [-0.15, -0.1) is 0 Å². The molecule has 1 fully saturated rings. The molecule has 0 radical (unpaired) electrons. The molecule has 1 aromatic rings. The van der Waals surface area contributed by atoms with Gasteiger partial charge >= 0.3 is 0 Å². The van der Waals surface area contributed by atoms with Crippen molar-refractivity contribution in [2.45, 2.75) is 56.1 Å². The molecule has 0 aromatic carbocycles. The van der Waals surface area contributed by atoms with Gasteiger partial charge in [-0.25, -0.2) is 18.1 Å². The zero-order valence-electron chi connectivity index (χ0n) is 13.6. The average Bonchev–Trinajstić information content (AvgIpc) is 2.82. The maximum atomic E-state index is 12.1. The van der Waals surface area contributed by atoms with Crippen molar-refractivity contribution in [3.8, 4) is 0 Å². The lowest BCUT2D eigenvalue weighted by molar-refractivity contribution is -0.121. The molecule has 0 atom stereocenters. The van der Waals surface area contributed by atoms with E-state index in [0.717, 1.165) is 25.7 Å². The Balaban J connectivity index is 1.76. The number of amides is 1. The fourth-order valence-electron chi connectivity index (χ4n) is 2.59. The molecule has 0 aliphatic heterocycles. The predicted octanol–water partition coefficient (Wildman–Crippen LogP) is -0.217. The summed E-state index contributed by atoms with van der Waals surface area (Å²) in [6, 6.07) is 0.383. The van der Waals surface area contributed by atoms with Gasteiger partial charge in [-0.05, 0) is 32.6 Å². The third kappa shape index (κ3) is 5.02. The highest BCUT2D eigenvalue weighted by Gasteiger charge is 2.21. The summed E-state index contributed by atoms with van der Waals surface area (Å²) in [6.45, 7) is 1.78. The molecule has 130 valence electrons. The summed E-state index contributed by atoms with van der Waals surface area (Å²) in [5.41, 5.74) is 5.83. The smallest absolute Gasteiger partial charge is 0.259 e. The van der Waals surface area contributed by atoms with Crippen molar-refractivity contribution in [3.63, 3.8) is 0 Å². The predicted molar refractivity (Wildman–Crippen MR) is 86.1 cm³/mol. The zero-order chi connectivity index (χ0) is 17.0. The molecule has 0 unspecified atom stereocenters. The minimum absolute atomic E-state index is 0.0285. The number of nitrogens with two attached hydrogens (primary N) is 1. The number of hydrogen-bond acceptors (Lipinski definition) is 5. The van der Waals surface area contributed by atoms with Crippen LogP contribution in [0.2, 0.25) is 0 Å². The van der Waals surface area contributed by atoms with Gasteiger partial charge in [-0.3, -0.25) is 4.79 Å². The van der Waals surface area contributed by atoms with Crippen molar-refractivity contribution in [2.75, 3.05) is 6.54 Å². The number of hydrogen-bond donors (Lipinski definition) is 3. The first kappa shape index (κ1) is 17.9. The van der Waals surface area contributed by atoms with Crippen molar-refractivity contribution in [2.24, 2.45) is 12.8 Å². The monoisotopic (exact) mass is 343 g/mol.